The molecule has 0 saturated heterocycles. The molecule has 0 saturated carbocycles. The second kappa shape index (κ2) is 7.33. The summed E-state index contributed by atoms with van der Waals surface area (Å²) in [7, 11) is 1.93. The van der Waals surface area contributed by atoms with Crippen LogP contribution in [0, 0.1) is 0 Å². The maximum absolute atomic E-state index is 11.4. The molecule has 106 valence electrons. The number of hydrogen-bond donors (Lipinski definition) is 2. The normalized spacial score (nSPS) is 11.3. The molecule has 3 N–H and O–H groups in total. The molecule has 1 amide bonds. The molecular weight excluding hydrogens is 287 g/mol. The van der Waals surface area contributed by atoms with Crippen molar-refractivity contribution in [2.75, 3.05) is 0 Å². The lowest BCUT2D eigenvalue weighted by Gasteiger charge is -2.07. The summed E-state index contributed by atoms with van der Waals surface area (Å²) in [5.41, 5.74) is 7.46. The number of nitrogens with zero attached hydrogens (tertiary/aromatic N) is 2. The Morgan fingerprint density at radius 3 is 2.63 bits per heavy atom. The number of aromatic nitrogens is 2. The summed E-state index contributed by atoms with van der Waals surface area (Å²) in [6.45, 7) is 2.05. The van der Waals surface area contributed by atoms with Gasteiger partial charge in [-0.3, -0.25) is 4.79 Å². The van der Waals surface area contributed by atoms with Crippen LogP contribution in [0.1, 0.15) is 12.7 Å². The Bertz CT molecular complexity index is 554. The van der Waals surface area contributed by atoms with Crippen LogP contribution in [-0.2, 0) is 18.4 Å². The predicted molar refractivity (Wildman–Crippen MR) is 80.7 cm³/mol. The first-order valence-electron chi connectivity index (χ1n) is 5.53. The molecule has 1 heterocycles. The number of imidazole rings is 1. The van der Waals surface area contributed by atoms with Crippen LogP contribution in [0.5, 0.6) is 0 Å². The van der Waals surface area contributed by atoms with Gasteiger partial charge in [-0.1, -0.05) is 12.1 Å². The summed E-state index contributed by atoms with van der Waals surface area (Å²) in [5.74, 6) is 0.650. The zero-order valence-electron chi connectivity index (χ0n) is 10.8. The highest BCUT2D eigenvalue weighted by atomic mass is 35.5. The molecule has 5 nitrogen and oxygen atoms in total. The Balaban J connectivity index is 0.00000162. The van der Waals surface area contributed by atoms with Gasteiger partial charge in [-0.05, 0) is 19.1 Å². The minimum Gasteiger partial charge on any atom is -0.348 e. The zero-order chi connectivity index (χ0) is 12.4. The summed E-state index contributed by atoms with van der Waals surface area (Å²) in [6.07, 6.45) is 0. The SMILES string of the molecule is CC(N)C(=O)NCc1nc2ccccc2n1C.Cl.Cl. The zero-order valence-corrected chi connectivity index (χ0v) is 12.4. The smallest absolute Gasteiger partial charge is 0.237 e. The highest BCUT2D eigenvalue weighted by Gasteiger charge is 2.10. The van der Waals surface area contributed by atoms with Crippen molar-refractivity contribution in [3.05, 3.63) is 30.1 Å². The first-order chi connectivity index (χ1) is 8.09. The highest BCUT2D eigenvalue weighted by Crippen LogP contribution is 2.13. The van der Waals surface area contributed by atoms with E-state index in [1.807, 2.05) is 35.9 Å². The number of halogens is 2. The van der Waals surface area contributed by atoms with Crippen molar-refractivity contribution in [2.24, 2.45) is 12.8 Å². The first kappa shape index (κ1) is 17.7. The van der Waals surface area contributed by atoms with E-state index in [2.05, 4.69) is 10.3 Å². The van der Waals surface area contributed by atoms with Crippen LogP contribution in [0.15, 0.2) is 24.3 Å². The summed E-state index contributed by atoms with van der Waals surface area (Å²) in [6, 6.07) is 7.36. The van der Waals surface area contributed by atoms with Gasteiger partial charge in [0, 0.05) is 7.05 Å². The number of nitrogens with one attached hydrogen (secondary N) is 1. The Hall–Kier alpha value is -1.30. The lowest BCUT2D eigenvalue weighted by Crippen LogP contribution is -2.38. The molecule has 0 aliphatic heterocycles. The highest BCUT2D eigenvalue weighted by molar-refractivity contribution is 5.85. The Morgan fingerprint density at radius 1 is 1.42 bits per heavy atom. The van der Waals surface area contributed by atoms with Crippen molar-refractivity contribution in [1.82, 2.24) is 14.9 Å². The van der Waals surface area contributed by atoms with E-state index in [1.165, 1.54) is 0 Å². The third-order valence-corrected chi connectivity index (χ3v) is 2.71. The molecule has 1 aromatic heterocycles. The molecule has 0 aliphatic carbocycles. The number of rotatable bonds is 3. The minimum absolute atomic E-state index is 0. The van der Waals surface area contributed by atoms with Gasteiger partial charge in [-0.25, -0.2) is 4.98 Å². The molecule has 2 aromatic rings. The number of nitrogens with two attached hydrogens (primary N) is 1. The van der Waals surface area contributed by atoms with Crippen LogP contribution in [0.3, 0.4) is 0 Å². The molecule has 0 radical (unpaired) electrons. The average molecular weight is 305 g/mol. The fourth-order valence-electron chi connectivity index (χ4n) is 1.68. The van der Waals surface area contributed by atoms with E-state index in [0.717, 1.165) is 16.9 Å². The molecule has 7 heteroatoms. The van der Waals surface area contributed by atoms with Gasteiger partial charge in [0.1, 0.15) is 5.82 Å². The number of carbonyl (C=O) groups is 1. The molecular formula is C12H18Cl2N4O. The van der Waals surface area contributed by atoms with E-state index in [1.54, 1.807) is 6.92 Å². The number of hydrogen-bond acceptors (Lipinski definition) is 3. The number of benzene rings is 1. The van der Waals surface area contributed by atoms with E-state index in [-0.39, 0.29) is 30.7 Å². The molecule has 19 heavy (non-hydrogen) atoms. The maximum Gasteiger partial charge on any atom is 0.237 e. The van der Waals surface area contributed by atoms with Gasteiger partial charge >= 0.3 is 0 Å². The standard InChI is InChI=1S/C12H16N4O.2ClH/c1-8(13)12(17)14-7-11-15-9-5-3-4-6-10(9)16(11)2;;/h3-6,8H,7,13H2,1-2H3,(H,14,17);2*1H. The van der Waals surface area contributed by atoms with Crippen LogP contribution in [0.4, 0.5) is 0 Å². The van der Waals surface area contributed by atoms with Gasteiger partial charge in [0.2, 0.25) is 5.91 Å². The predicted octanol–water partition coefficient (Wildman–Crippen LogP) is 1.38. The summed E-state index contributed by atoms with van der Waals surface area (Å²) >= 11 is 0. The lowest BCUT2D eigenvalue weighted by atomic mass is 10.3. The van der Waals surface area contributed by atoms with E-state index in [9.17, 15) is 4.79 Å². The minimum atomic E-state index is -0.496. The molecule has 0 bridgehead atoms. The monoisotopic (exact) mass is 304 g/mol. The molecule has 2 rings (SSSR count). The summed E-state index contributed by atoms with van der Waals surface area (Å²) < 4.78 is 1.97. The van der Waals surface area contributed by atoms with Crippen molar-refractivity contribution in [3.63, 3.8) is 0 Å². The third kappa shape index (κ3) is 3.83. The second-order valence-corrected chi connectivity index (χ2v) is 4.08. The van der Waals surface area contributed by atoms with E-state index in [4.69, 9.17) is 5.73 Å². The Kier molecular flexibility index (Phi) is 6.83. The molecule has 0 fully saturated rings. The van der Waals surface area contributed by atoms with E-state index >= 15 is 0 Å². The first-order valence-corrected chi connectivity index (χ1v) is 5.53. The van der Waals surface area contributed by atoms with Crippen LogP contribution < -0.4 is 11.1 Å². The van der Waals surface area contributed by atoms with Crippen LogP contribution in [0.25, 0.3) is 11.0 Å². The average Bonchev–Trinajstić information content (AvgIpc) is 2.64. The van der Waals surface area contributed by atoms with Gasteiger partial charge in [-0.2, -0.15) is 0 Å². The summed E-state index contributed by atoms with van der Waals surface area (Å²) in [4.78, 5) is 15.8. The maximum atomic E-state index is 11.4. The third-order valence-electron chi connectivity index (χ3n) is 2.71. The van der Waals surface area contributed by atoms with Crippen molar-refractivity contribution >= 4 is 41.8 Å². The fraction of sp³-hybridized carbons (Fsp3) is 0.333. The number of fused-ring (bicyclic) bond motifs is 1. The van der Waals surface area contributed by atoms with Crippen LogP contribution >= 0.6 is 24.8 Å². The summed E-state index contributed by atoms with van der Waals surface area (Å²) in [5, 5.41) is 2.75. The fourth-order valence-corrected chi connectivity index (χ4v) is 1.68. The Labute approximate surface area is 124 Å². The molecule has 1 unspecified atom stereocenters. The van der Waals surface area contributed by atoms with Crippen molar-refractivity contribution in [3.8, 4) is 0 Å². The van der Waals surface area contributed by atoms with Gasteiger partial charge in [0.05, 0.1) is 23.6 Å². The molecule has 0 spiro atoms. The largest absolute Gasteiger partial charge is 0.348 e. The molecule has 1 aromatic carbocycles. The second-order valence-electron chi connectivity index (χ2n) is 4.08. The number of aryl methyl sites for hydroxylation is 1. The van der Waals surface area contributed by atoms with Gasteiger partial charge in [0.25, 0.3) is 0 Å². The van der Waals surface area contributed by atoms with Gasteiger partial charge in [-0.15, -0.1) is 24.8 Å². The van der Waals surface area contributed by atoms with Crippen molar-refractivity contribution in [1.29, 1.82) is 0 Å². The number of para-hydroxylation sites is 2. The number of amides is 1. The van der Waals surface area contributed by atoms with E-state index in [0.29, 0.717) is 6.54 Å². The van der Waals surface area contributed by atoms with Crippen molar-refractivity contribution in [2.45, 2.75) is 19.5 Å². The van der Waals surface area contributed by atoms with Gasteiger partial charge in [0.15, 0.2) is 0 Å². The van der Waals surface area contributed by atoms with Crippen LogP contribution in [0.2, 0.25) is 0 Å². The molecule has 1 atom stereocenters. The quantitative estimate of drug-likeness (QED) is 0.900. The lowest BCUT2D eigenvalue weighted by molar-refractivity contribution is -0.122. The van der Waals surface area contributed by atoms with Crippen LogP contribution in [-0.4, -0.2) is 21.5 Å². The van der Waals surface area contributed by atoms with Crippen molar-refractivity contribution < 1.29 is 4.79 Å². The van der Waals surface area contributed by atoms with Gasteiger partial charge < -0.3 is 15.6 Å². The number of carbonyl (C=O) groups excluding carboxylic acids is 1. The molecule has 0 aliphatic rings. The van der Waals surface area contributed by atoms with E-state index < -0.39 is 6.04 Å². The Morgan fingerprint density at radius 2 is 2.05 bits per heavy atom. The topological polar surface area (TPSA) is 72.9 Å².